The molecule has 1 aromatic carbocycles. The van der Waals surface area contributed by atoms with Gasteiger partial charge >= 0.3 is 6.18 Å². The summed E-state index contributed by atoms with van der Waals surface area (Å²) in [6.45, 7) is -0.835. The largest absolute Gasteiger partial charge is 0.394 e. The maximum atomic E-state index is 12.8. The van der Waals surface area contributed by atoms with Crippen LogP contribution in [0.2, 0.25) is 0 Å². The Morgan fingerprint density at radius 2 is 1.89 bits per heavy atom. The van der Waals surface area contributed by atoms with Crippen LogP contribution in [0.4, 0.5) is 17.6 Å². The minimum atomic E-state index is -4.70. The van der Waals surface area contributed by atoms with Gasteiger partial charge in [-0.2, -0.15) is 13.2 Å². The van der Waals surface area contributed by atoms with Gasteiger partial charge in [-0.05, 0) is 18.2 Å². The van der Waals surface area contributed by atoms with Gasteiger partial charge in [-0.25, -0.2) is 12.8 Å². The molecule has 0 saturated heterocycles. The fraction of sp³-hybridized carbons (Fsp3) is 0.400. The Bertz CT molecular complexity index is 513. The topological polar surface area (TPSA) is 60.2 Å². The molecule has 2 N–H and O–H groups in total. The lowest BCUT2D eigenvalue weighted by atomic mass is 10.2. The molecule has 1 rings (SSSR count). The molecule has 0 aliphatic rings. The SMILES string of the molecule is NCC(CS(=O)(=O)c1cccc(F)c1)C(F)(F)F. The van der Waals surface area contributed by atoms with Crippen LogP contribution in [-0.4, -0.2) is 26.9 Å². The van der Waals surface area contributed by atoms with Gasteiger partial charge in [-0.1, -0.05) is 6.07 Å². The summed E-state index contributed by atoms with van der Waals surface area (Å²) in [7, 11) is -4.22. The zero-order valence-electron chi connectivity index (χ0n) is 9.11. The highest BCUT2D eigenvalue weighted by molar-refractivity contribution is 7.91. The van der Waals surface area contributed by atoms with Gasteiger partial charge in [0.25, 0.3) is 0 Å². The first kappa shape index (κ1) is 14.9. The van der Waals surface area contributed by atoms with Gasteiger partial charge in [0.15, 0.2) is 9.84 Å². The van der Waals surface area contributed by atoms with Crippen LogP contribution >= 0.6 is 0 Å². The third kappa shape index (κ3) is 3.67. The predicted molar refractivity (Wildman–Crippen MR) is 57.1 cm³/mol. The van der Waals surface area contributed by atoms with Crippen LogP contribution in [0.3, 0.4) is 0 Å². The van der Waals surface area contributed by atoms with E-state index in [9.17, 15) is 26.0 Å². The van der Waals surface area contributed by atoms with Gasteiger partial charge in [0.1, 0.15) is 5.82 Å². The Hall–Kier alpha value is -1.15. The normalized spacial score (nSPS) is 14.5. The average molecular weight is 285 g/mol. The molecule has 0 bridgehead atoms. The minimum absolute atomic E-state index is 0.481. The van der Waals surface area contributed by atoms with Gasteiger partial charge in [0.05, 0.1) is 16.6 Å². The summed E-state index contributed by atoms with van der Waals surface area (Å²) in [6, 6.07) is 3.85. The first-order valence-electron chi connectivity index (χ1n) is 4.92. The summed E-state index contributed by atoms with van der Waals surface area (Å²) < 4.78 is 73.5. The first-order chi connectivity index (χ1) is 8.16. The van der Waals surface area contributed by atoms with Crippen LogP contribution in [0.1, 0.15) is 0 Å². The molecule has 1 unspecified atom stereocenters. The summed E-state index contributed by atoms with van der Waals surface area (Å²) >= 11 is 0. The highest BCUT2D eigenvalue weighted by Crippen LogP contribution is 2.28. The van der Waals surface area contributed by atoms with Crippen molar-refractivity contribution in [1.82, 2.24) is 0 Å². The van der Waals surface area contributed by atoms with Gasteiger partial charge < -0.3 is 5.73 Å². The molecule has 1 atom stereocenters. The second kappa shape index (κ2) is 5.23. The molecule has 0 spiro atoms. The molecule has 8 heteroatoms. The number of hydrogen-bond acceptors (Lipinski definition) is 3. The quantitative estimate of drug-likeness (QED) is 0.857. The molecular weight excluding hydrogens is 274 g/mol. The molecular formula is C10H11F4NO2S. The van der Waals surface area contributed by atoms with E-state index in [1.54, 1.807) is 0 Å². The lowest BCUT2D eigenvalue weighted by Crippen LogP contribution is -2.36. The van der Waals surface area contributed by atoms with E-state index in [1.807, 2.05) is 0 Å². The van der Waals surface area contributed by atoms with Crippen molar-refractivity contribution in [3.63, 3.8) is 0 Å². The standard InChI is InChI=1S/C10H11F4NO2S/c11-8-2-1-3-9(4-8)18(16,17)6-7(5-15)10(12,13)14/h1-4,7H,5-6,15H2. The Labute approximate surface area is 102 Å². The van der Waals surface area contributed by atoms with E-state index in [0.29, 0.717) is 6.07 Å². The maximum absolute atomic E-state index is 12.8. The maximum Gasteiger partial charge on any atom is 0.394 e. The Balaban J connectivity index is 3.02. The molecule has 102 valence electrons. The molecule has 3 nitrogen and oxygen atoms in total. The highest BCUT2D eigenvalue weighted by Gasteiger charge is 2.41. The number of halogens is 4. The molecule has 0 radical (unpaired) electrons. The van der Waals surface area contributed by atoms with Crippen LogP contribution in [0.15, 0.2) is 29.2 Å². The zero-order valence-corrected chi connectivity index (χ0v) is 9.93. The lowest BCUT2D eigenvalue weighted by molar-refractivity contribution is -0.165. The van der Waals surface area contributed by atoms with Crippen LogP contribution in [0.5, 0.6) is 0 Å². The van der Waals surface area contributed by atoms with Crippen molar-refractivity contribution in [3.8, 4) is 0 Å². The summed E-state index contributed by atoms with van der Waals surface area (Å²) in [5.41, 5.74) is 4.92. The molecule has 1 aromatic rings. The second-order valence-corrected chi connectivity index (χ2v) is 5.75. The molecule has 0 aromatic heterocycles. The summed E-state index contributed by atoms with van der Waals surface area (Å²) in [4.78, 5) is -0.481. The van der Waals surface area contributed by atoms with Crippen molar-refractivity contribution >= 4 is 9.84 Å². The van der Waals surface area contributed by atoms with E-state index >= 15 is 0 Å². The number of rotatable bonds is 4. The van der Waals surface area contributed by atoms with Gasteiger partial charge in [-0.15, -0.1) is 0 Å². The third-order valence-corrected chi connectivity index (χ3v) is 4.14. The monoisotopic (exact) mass is 285 g/mol. The van der Waals surface area contributed by atoms with Gasteiger partial charge in [0, 0.05) is 6.54 Å². The zero-order chi connectivity index (χ0) is 14.0. The fourth-order valence-corrected chi connectivity index (χ4v) is 2.94. The Kier molecular flexibility index (Phi) is 4.33. The fourth-order valence-electron chi connectivity index (χ4n) is 1.32. The van der Waals surface area contributed by atoms with Crippen LogP contribution < -0.4 is 5.73 Å². The van der Waals surface area contributed by atoms with Gasteiger partial charge in [-0.3, -0.25) is 0 Å². The highest BCUT2D eigenvalue weighted by atomic mass is 32.2. The van der Waals surface area contributed by atoms with Crippen molar-refractivity contribution in [1.29, 1.82) is 0 Å². The number of alkyl halides is 3. The number of sulfone groups is 1. The van der Waals surface area contributed by atoms with Crippen molar-refractivity contribution in [2.75, 3.05) is 12.3 Å². The van der Waals surface area contributed by atoms with E-state index < -0.39 is 44.9 Å². The summed E-state index contributed by atoms with van der Waals surface area (Å²) in [5, 5.41) is 0. The van der Waals surface area contributed by atoms with Crippen LogP contribution in [0.25, 0.3) is 0 Å². The third-order valence-electron chi connectivity index (χ3n) is 2.32. The molecule has 18 heavy (non-hydrogen) atoms. The lowest BCUT2D eigenvalue weighted by Gasteiger charge is -2.18. The summed E-state index contributed by atoms with van der Waals surface area (Å²) in [6.07, 6.45) is -4.70. The van der Waals surface area contributed by atoms with E-state index in [-0.39, 0.29) is 0 Å². The molecule has 0 heterocycles. The Morgan fingerprint density at radius 1 is 1.28 bits per heavy atom. The minimum Gasteiger partial charge on any atom is -0.330 e. The Morgan fingerprint density at radius 3 is 2.33 bits per heavy atom. The van der Waals surface area contributed by atoms with Crippen molar-refractivity contribution in [2.45, 2.75) is 11.1 Å². The van der Waals surface area contributed by atoms with Crippen LogP contribution in [-0.2, 0) is 9.84 Å². The predicted octanol–water partition coefficient (Wildman–Crippen LogP) is 1.74. The van der Waals surface area contributed by atoms with E-state index in [2.05, 4.69) is 0 Å². The smallest absolute Gasteiger partial charge is 0.330 e. The average Bonchev–Trinajstić information content (AvgIpc) is 2.24. The van der Waals surface area contributed by atoms with Crippen molar-refractivity contribution in [3.05, 3.63) is 30.1 Å². The van der Waals surface area contributed by atoms with Crippen molar-refractivity contribution in [2.24, 2.45) is 11.7 Å². The van der Waals surface area contributed by atoms with E-state index in [1.165, 1.54) is 0 Å². The van der Waals surface area contributed by atoms with E-state index in [4.69, 9.17) is 5.73 Å². The van der Waals surface area contributed by atoms with Crippen molar-refractivity contribution < 1.29 is 26.0 Å². The number of nitrogens with two attached hydrogens (primary N) is 1. The molecule has 0 amide bonds. The van der Waals surface area contributed by atoms with Crippen LogP contribution in [0, 0.1) is 11.7 Å². The molecule has 0 fully saturated rings. The molecule has 0 aliphatic heterocycles. The second-order valence-electron chi connectivity index (χ2n) is 3.71. The van der Waals surface area contributed by atoms with Gasteiger partial charge in [0.2, 0.25) is 0 Å². The molecule has 0 aliphatic carbocycles. The summed E-state index contributed by atoms with van der Waals surface area (Å²) in [5.74, 6) is -4.17. The number of benzene rings is 1. The molecule has 0 saturated carbocycles. The first-order valence-corrected chi connectivity index (χ1v) is 6.57. The van der Waals surface area contributed by atoms with E-state index in [0.717, 1.165) is 18.2 Å². The number of hydrogen-bond donors (Lipinski definition) is 1.